The summed E-state index contributed by atoms with van der Waals surface area (Å²) in [5.41, 5.74) is 0. The topological polar surface area (TPSA) is 29.1 Å². The number of carbonyl (C=O) groups excluding carboxylic acids is 1. The SMILES string of the molecule is C#CCC(C)NC(=O)C1CCCCC1C(F)(F)F. The van der Waals surface area contributed by atoms with Gasteiger partial charge in [0.25, 0.3) is 0 Å². The first-order valence-electron chi connectivity index (χ1n) is 6.16. The molecule has 18 heavy (non-hydrogen) atoms. The first-order valence-corrected chi connectivity index (χ1v) is 6.16. The third-order valence-electron chi connectivity index (χ3n) is 3.34. The molecule has 0 bridgehead atoms. The lowest BCUT2D eigenvalue weighted by molar-refractivity contribution is -0.198. The summed E-state index contributed by atoms with van der Waals surface area (Å²) in [6.07, 6.45) is 2.69. The summed E-state index contributed by atoms with van der Waals surface area (Å²) in [5, 5.41) is 2.57. The first kappa shape index (κ1) is 14.9. The van der Waals surface area contributed by atoms with Gasteiger partial charge in [0, 0.05) is 18.4 Å². The molecular weight excluding hydrogens is 243 g/mol. The maximum absolute atomic E-state index is 12.8. The highest BCUT2D eigenvalue weighted by Crippen LogP contribution is 2.41. The molecule has 3 unspecified atom stereocenters. The molecule has 0 aliphatic heterocycles. The number of alkyl halides is 3. The average Bonchev–Trinajstić information content (AvgIpc) is 2.28. The number of amides is 1. The van der Waals surface area contributed by atoms with E-state index >= 15 is 0 Å². The Kier molecular flexibility index (Phi) is 5.06. The van der Waals surface area contributed by atoms with Crippen LogP contribution in [0.1, 0.15) is 39.0 Å². The van der Waals surface area contributed by atoms with Crippen molar-refractivity contribution in [3.8, 4) is 12.3 Å². The second-order valence-electron chi connectivity index (χ2n) is 4.86. The normalized spacial score (nSPS) is 26.2. The number of terminal acetylenes is 1. The number of hydrogen-bond acceptors (Lipinski definition) is 1. The molecule has 5 heteroatoms. The summed E-state index contributed by atoms with van der Waals surface area (Å²) in [6, 6.07) is -0.279. The predicted octanol–water partition coefficient (Wildman–Crippen LogP) is 2.88. The van der Waals surface area contributed by atoms with E-state index in [1.165, 1.54) is 0 Å². The van der Waals surface area contributed by atoms with Crippen molar-refractivity contribution in [2.24, 2.45) is 11.8 Å². The molecule has 0 aromatic rings. The Morgan fingerprint density at radius 3 is 2.61 bits per heavy atom. The molecule has 1 fully saturated rings. The van der Waals surface area contributed by atoms with Crippen LogP contribution in [-0.4, -0.2) is 18.1 Å². The smallest absolute Gasteiger partial charge is 0.352 e. The minimum atomic E-state index is -4.29. The van der Waals surface area contributed by atoms with Crippen molar-refractivity contribution in [3.63, 3.8) is 0 Å². The van der Waals surface area contributed by atoms with E-state index in [4.69, 9.17) is 6.42 Å². The third kappa shape index (κ3) is 3.94. The first-order chi connectivity index (χ1) is 8.36. The fourth-order valence-electron chi connectivity index (χ4n) is 2.41. The lowest BCUT2D eigenvalue weighted by Gasteiger charge is -2.32. The molecule has 3 atom stereocenters. The van der Waals surface area contributed by atoms with Crippen molar-refractivity contribution in [2.45, 2.75) is 51.2 Å². The van der Waals surface area contributed by atoms with Crippen molar-refractivity contribution < 1.29 is 18.0 Å². The molecule has 1 aliphatic carbocycles. The van der Waals surface area contributed by atoms with Crippen LogP contribution < -0.4 is 5.32 Å². The summed E-state index contributed by atoms with van der Waals surface area (Å²) in [4.78, 5) is 11.9. The van der Waals surface area contributed by atoms with E-state index in [-0.39, 0.29) is 12.5 Å². The molecule has 1 aliphatic rings. The van der Waals surface area contributed by atoms with Crippen LogP contribution in [0.15, 0.2) is 0 Å². The summed E-state index contributed by atoms with van der Waals surface area (Å²) >= 11 is 0. The molecule has 1 saturated carbocycles. The maximum Gasteiger partial charge on any atom is 0.392 e. The van der Waals surface area contributed by atoms with Gasteiger partial charge in [-0.3, -0.25) is 4.79 Å². The van der Waals surface area contributed by atoms with Gasteiger partial charge < -0.3 is 5.32 Å². The van der Waals surface area contributed by atoms with Gasteiger partial charge in [-0.25, -0.2) is 0 Å². The summed E-state index contributed by atoms with van der Waals surface area (Å²) in [5.74, 6) is -0.603. The second-order valence-corrected chi connectivity index (χ2v) is 4.86. The maximum atomic E-state index is 12.8. The zero-order valence-electron chi connectivity index (χ0n) is 10.4. The fourth-order valence-corrected chi connectivity index (χ4v) is 2.41. The van der Waals surface area contributed by atoms with Crippen molar-refractivity contribution >= 4 is 5.91 Å². The van der Waals surface area contributed by atoms with Crippen LogP contribution in [0.4, 0.5) is 13.2 Å². The number of nitrogens with one attached hydrogen (secondary N) is 1. The van der Waals surface area contributed by atoms with Gasteiger partial charge in [-0.05, 0) is 19.8 Å². The van der Waals surface area contributed by atoms with Gasteiger partial charge in [0.05, 0.1) is 5.92 Å². The average molecular weight is 261 g/mol. The third-order valence-corrected chi connectivity index (χ3v) is 3.34. The molecule has 102 valence electrons. The highest BCUT2D eigenvalue weighted by molar-refractivity contribution is 5.79. The highest BCUT2D eigenvalue weighted by Gasteiger charge is 2.48. The van der Waals surface area contributed by atoms with Gasteiger partial charge in [-0.1, -0.05) is 12.8 Å². The van der Waals surface area contributed by atoms with Crippen LogP contribution in [0.2, 0.25) is 0 Å². The van der Waals surface area contributed by atoms with E-state index in [9.17, 15) is 18.0 Å². The van der Waals surface area contributed by atoms with Crippen molar-refractivity contribution in [2.75, 3.05) is 0 Å². The fraction of sp³-hybridized carbons (Fsp3) is 0.769. The minimum Gasteiger partial charge on any atom is -0.352 e. The van der Waals surface area contributed by atoms with Crippen LogP contribution >= 0.6 is 0 Å². The van der Waals surface area contributed by atoms with Gasteiger partial charge in [-0.2, -0.15) is 13.2 Å². The van der Waals surface area contributed by atoms with E-state index in [1.54, 1.807) is 6.92 Å². The predicted molar refractivity (Wildman–Crippen MR) is 62.6 cm³/mol. The number of rotatable bonds is 3. The lowest BCUT2D eigenvalue weighted by Crippen LogP contribution is -2.45. The number of halogens is 3. The van der Waals surface area contributed by atoms with E-state index < -0.39 is 23.9 Å². The van der Waals surface area contributed by atoms with Crippen LogP contribution in [0.25, 0.3) is 0 Å². The molecule has 2 nitrogen and oxygen atoms in total. The molecule has 1 N–H and O–H groups in total. The molecule has 1 rings (SSSR count). The van der Waals surface area contributed by atoms with Crippen molar-refractivity contribution in [1.82, 2.24) is 5.32 Å². The summed E-state index contributed by atoms with van der Waals surface area (Å²) in [7, 11) is 0. The van der Waals surface area contributed by atoms with Crippen molar-refractivity contribution in [3.05, 3.63) is 0 Å². The molecule has 0 heterocycles. The quantitative estimate of drug-likeness (QED) is 0.778. The zero-order valence-corrected chi connectivity index (χ0v) is 10.4. The van der Waals surface area contributed by atoms with E-state index in [0.717, 1.165) is 0 Å². The van der Waals surface area contributed by atoms with E-state index in [0.29, 0.717) is 25.7 Å². The largest absolute Gasteiger partial charge is 0.392 e. The minimum absolute atomic E-state index is 0.0467. The molecule has 1 amide bonds. The molecule has 0 aromatic carbocycles. The standard InChI is InChI=1S/C13H18F3NO/c1-3-6-9(2)17-12(18)10-7-4-5-8-11(10)13(14,15)16/h1,9-11H,4-8H2,2H3,(H,17,18). The highest BCUT2D eigenvalue weighted by atomic mass is 19.4. The van der Waals surface area contributed by atoms with Crippen molar-refractivity contribution in [1.29, 1.82) is 0 Å². The Morgan fingerprint density at radius 2 is 2.06 bits per heavy atom. The Balaban J connectivity index is 2.66. The van der Waals surface area contributed by atoms with Crippen LogP contribution in [0, 0.1) is 24.2 Å². The molecule has 0 saturated heterocycles. The summed E-state index contributed by atoms with van der Waals surface area (Å²) in [6.45, 7) is 1.70. The van der Waals surface area contributed by atoms with E-state index in [2.05, 4.69) is 11.2 Å². The summed E-state index contributed by atoms with van der Waals surface area (Å²) < 4.78 is 38.5. The van der Waals surface area contributed by atoms with E-state index in [1.807, 2.05) is 0 Å². The molecular formula is C13H18F3NO. The van der Waals surface area contributed by atoms with Gasteiger partial charge in [0.15, 0.2) is 0 Å². The Morgan fingerprint density at radius 1 is 1.44 bits per heavy atom. The Labute approximate surface area is 105 Å². The zero-order chi connectivity index (χ0) is 13.8. The van der Waals surface area contributed by atoms with Gasteiger partial charge in [0.1, 0.15) is 0 Å². The van der Waals surface area contributed by atoms with Crippen LogP contribution in [0.3, 0.4) is 0 Å². The van der Waals surface area contributed by atoms with Gasteiger partial charge >= 0.3 is 6.18 Å². The molecule has 0 aromatic heterocycles. The Hall–Kier alpha value is -1.18. The molecule has 0 spiro atoms. The monoisotopic (exact) mass is 261 g/mol. The molecule has 0 radical (unpaired) electrons. The number of hydrogen-bond donors (Lipinski definition) is 1. The Bertz CT molecular complexity index is 332. The van der Waals surface area contributed by atoms with Gasteiger partial charge in [0.2, 0.25) is 5.91 Å². The van der Waals surface area contributed by atoms with Gasteiger partial charge in [-0.15, -0.1) is 12.3 Å². The number of carbonyl (C=O) groups is 1. The lowest BCUT2D eigenvalue weighted by atomic mass is 9.78. The van der Waals surface area contributed by atoms with Crippen LogP contribution in [-0.2, 0) is 4.79 Å². The second kappa shape index (κ2) is 6.12. The van der Waals surface area contributed by atoms with Crippen LogP contribution in [0.5, 0.6) is 0 Å².